The molecule has 0 spiro atoms. The van der Waals surface area contributed by atoms with Crippen LogP contribution in [0.1, 0.15) is 31.4 Å². The van der Waals surface area contributed by atoms with E-state index in [0.29, 0.717) is 17.0 Å². The molecule has 1 atom stereocenters. The fourth-order valence-corrected chi connectivity index (χ4v) is 3.46. The van der Waals surface area contributed by atoms with Crippen molar-refractivity contribution in [1.82, 2.24) is 9.80 Å². The highest BCUT2D eigenvalue weighted by atomic mass is 19.1. The molecular weight excluding hydrogens is 385 g/mol. The van der Waals surface area contributed by atoms with Crippen LogP contribution in [0.25, 0.3) is 0 Å². The molecule has 2 aromatic rings. The fourth-order valence-electron chi connectivity index (χ4n) is 3.46. The zero-order chi connectivity index (χ0) is 21.7. The number of benzene rings is 2. The molecular formula is C23H28FN3O3. The smallest absolute Gasteiger partial charge is 0.243 e. The van der Waals surface area contributed by atoms with Crippen LogP contribution in [0.2, 0.25) is 0 Å². The van der Waals surface area contributed by atoms with Crippen LogP contribution in [-0.4, -0.2) is 54.9 Å². The van der Waals surface area contributed by atoms with Crippen molar-refractivity contribution in [2.24, 2.45) is 0 Å². The van der Waals surface area contributed by atoms with E-state index >= 15 is 0 Å². The first-order valence-corrected chi connectivity index (χ1v) is 10.1. The number of anilines is 1. The number of hydrogen-bond acceptors (Lipinski definition) is 4. The van der Waals surface area contributed by atoms with Crippen molar-refractivity contribution in [3.8, 4) is 5.75 Å². The second-order valence-corrected chi connectivity index (χ2v) is 7.63. The monoisotopic (exact) mass is 413 g/mol. The lowest BCUT2D eigenvalue weighted by Gasteiger charge is -2.30. The maximum Gasteiger partial charge on any atom is 0.243 e. The van der Waals surface area contributed by atoms with Crippen molar-refractivity contribution in [1.29, 1.82) is 0 Å². The van der Waals surface area contributed by atoms with Gasteiger partial charge in [-0.05, 0) is 38.0 Å². The molecule has 1 unspecified atom stereocenters. The summed E-state index contributed by atoms with van der Waals surface area (Å²) < 4.78 is 19.4. The van der Waals surface area contributed by atoms with Crippen LogP contribution in [0.15, 0.2) is 48.5 Å². The minimum Gasteiger partial charge on any atom is -0.497 e. The number of likely N-dealkylation sites (N-methyl/N-ethyl adjacent to an activating group) is 1. The molecule has 3 rings (SSSR count). The number of carbonyl (C=O) groups is 2. The van der Waals surface area contributed by atoms with Gasteiger partial charge in [-0.1, -0.05) is 24.3 Å². The number of ether oxygens (including phenoxy) is 1. The van der Waals surface area contributed by atoms with E-state index in [2.05, 4.69) is 5.32 Å². The quantitative estimate of drug-likeness (QED) is 0.684. The minimum absolute atomic E-state index is 0.0668. The molecule has 1 saturated carbocycles. The molecule has 6 nitrogen and oxygen atoms in total. The summed E-state index contributed by atoms with van der Waals surface area (Å²) in [7, 11) is 3.16. The van der Waals surface area contributed by atoms with E-state index in [1.54, 1.807) is 56.6 Å². The minimum atomic E-state index is -0.292. The molecule has 30 heavy (non-hydrogen) atoms. The summed E-state index contributed by atoms with van der Waals surface area (Å²) in [5.74, 6) is -0.0985. The van der Waals surface area contributed by atoms with E-state index in [9.17, 15) is 14.0 Å². The Kier molecular flexibility index (Phi) is 7.05. The summed E-state index contributed by atoms with van der Waals surface area (Å²) in [6.07, 6.45) is 1.98. The molecule has 1 N–H and O–H groups in total. The van der Waals surface area contributed by atoms with Crippen LogP contribution in [0.5, 0.6) is 5.75 Å². The summed E-state index contributed by atoms with van der Waals surface area (Å²) >= 11 is 0. The van der Waals surface area contributed by atoms with Gasteiger partial charge in [0.2, 0.25) is 11.8 Å². The lowest BCUT2D eigenvalue weighted by molar-refractivity contribution is -0.135. The Morgan fingerprint density at radius 3 is 2.57 bits per heavy atom. The molecule has 1 aliphatic rings. The van der Waals surface area contributed by atoms with Crippen LogP contribution in [0.3, 0.4) is 0 Å². The Hall–Kier alpha value is -2.93. The van der Waals surface area contributed by atoms with Gasteiger partial charge >= 0.3 is 0 Å². The topological polar surface area (TPSA) is 61.9 Å². The van der Waals surface area contributed by atoms with Crippen molar-refractivity contribution in [3.05, 3.63) is 59.9 Å². The SMILES string of the molecule is COc1cccc(NC(=O)CN(C)C(=O)CN(C2CC2)C(C)c2ccccc2F)c1. The summed E-state index contributed by atoms with van der Waals surface area (Å²) in [5.41, 5.74) is 1.18. The Morgan fingerprint density at radius 2 is 1.90 bits per heavy atom. The lowest BCUT2D eigenvalue weighted by atomic mass is 10.1. The molecule has 7 heteroatoms. The van der Waals surface area contributed by atoms with Crippen molar-refractivity contribution in [2.45, 2.75) is 31.8 Å². The fraction of sp³-hybridized carbons (Fsp3) is 0.391. The van der Waals surface area contributed by atoms with Gasteiger partial charge in [0.15, 0.2) is 0 Å². The van der Waals surface area contributed by atoms with E-state index in [1.165, 1.54) is 11.0 Å². The lowest BCUT2D eigenvalue weighted by Crippen LogP contribution is -2.43. The normalized spacial score (nSPS) is 14.3. The van der Waals surface area contributed by atoms with E-state index in [0.717, 1.165) is 12.8 Å². The maximum absolute atomic E-state index is 14.2. The third kappa shape index (κ3) is 5.57. The molecule has 0 bridgehead atoms. The summed E-state index contributed by atoms with van der Waals surface area (Å²) in [5, 5.41) is 2.77. The van der Waals surface area contributed by atoms with Gasteiger partial charge in [0.25, 0.3) is 0 Å². The highest BCUT2D eigenvalue weighted by Gasteiger charge is 2.35. The van der Waals surface area contributed by atoms with Gasteiger partial charge in [0, 0.05) is 36.4 Å². The largest absolute Gasteiger partial charge is 0.497 e. The highest BCUT2D eigenvalue weighted by molar-refractivity contribution is 5.94. The number of methoxy groups -OCH3 is 1. The summed E-state index contributed by atoms with van der Waals surface area (Å²) in [6, 6.07) is 13.7. The molecule has 2 aromatic carbocycles. The average molecular weight is 413 g/mol. The summed E-state index contributed by atoms with van der Waals surface area (Å²) in [6.45, 7) is 1.99. The molecule has 1 fully saturated rings. The number of carbonyl (C=O) groups excluding carboxylic acids is 2. The second-order valence-electron chi connectivity index (χ2n) is 7.63. The van der Waals surface area contributed by atoms with Crippen LogP contribution >= 0.6 is 0 Å². The molecule has 0 heterocycles. The zero-order valence-corrected chi connectivity index (χ0v) is 17.6. The van der Waals surface area contributed by atoms with Crippen molar-refractivity contribution in [2.75, 3.05) is 32.6 Å². The summed E-state index contributed by atoms with van der Waals surface area (Å²) in [4.78, 5) is 28.6. The van der Waals surface area contributed by atoms with Gasteiger partial charge in [0.05, 0.1) is 20.2 Å². The van der Waals surface area contributed by atoms with E-state index in [4.69, 9.17) is 4.74 Å². The van der Waals surface area contributed by atoms with Gasteiger partial charge in [-0.3, -0.25) is 14.5 Å². The zero-order valence-electron chi connectivity index (χ0n) is 17.6. The Morgan fingerprint density at radius 1 is 1.17 bits per heavy atom. The predicted molar refractivity (Wildman–Crippen MR) is 114 cm³/mol. The molecule has 0 aliphatic heterocycles. The number of rotatable bonds is 9. The molecule has 0 radical (unpaired) electrons. The second kappa shape index (κ2) is 9.71. The Bertz CT molecular complexity index is 901. The first-order chi connectivity index (χ1) is 14.4. The number of nitrogens with one attached hydrogen (secondary N) is 1. The Labute approximate surface area is 176 Å². The number of hydrogen-bond donors (Lipinski definition) is 1. The first-order valence-electron chi connectivity index (χ1n) is 10.1. The molecule has 160 valence electrons. The van der Waals surface area contributed by atoms with E-state index in [1.807, 2.05) is 11.8 Å². The number of halogens is 1. The average Bonchev–Trinajstić information content (AvgIpc) is 3.56. The van der Waals surface area contributed by atoms with E-state index in [-0.39, 0.29) is 42.8 Å². The van der Waals surface area contributed by atoms with Crippen LogP contribution in [0.4, 0.5) is 10.1 Å². The van der Waals surface area contributed by atoms with Gasteiger partial charge in [0.1, 0.15) is 11.6 Å². The first kappa shape index (κ1) is 21.8. The predicted octanol–water partition coefficient (Wildman–Crippen LogP) is 3.46. The third-order valence-corrected chi connectivity index (χ3v) is 5.35. The van der Waals surface area contributed by atoms with E-state index < -0.39 is 0 Å². The van der Waals surface area contributed by atoms with Gasteiger partial charge < -0.3 is 15.0 Å². The third-order valence-electron chi connectivity index (χ3n) is 5.35. The maximum atomic E-state index is 14.2. The van der Waals surface area contributed by atoms with Crippen LogP contribution < -0.4 is 10.1 Å². The van der Waals surface area contributed by atoms with Gasteiger partial charge in [-0.2, -0.15) is 0 Å². The van der Waals surface area contributed by atoms with Crippen LogP contribution in [-0.2, 0) is 9.59 Å². The molecule has 1 aliphatic carbocycles. The van der Waals surface area contributed by atoms with Gasteiger partial charge in [-0.25, -0.2) is 4.39 Å². The van der Waals surface area contributed by atoms with Crippen molar-refractivity contribution >= 4 is 17.5 Å². The Balaban J connectivity index is 1.59. The number of nitrogens with zero attached hydrogens (tertiary/aromatic N) is 2. The molecule has 2 amide bonds. The van der Waals surface area contributed by atoms with Crippen LogP contribution in [0, 0.1) is 5.82 Å². The van der Waals surface area contributed by atoms with Crippen molar-refractivity contribution in [3.63, 3.8) is 0 Å². The molecule has 0 saturated heterocycles. The number of amides is 2. The highest BCUT2D eigenvalue weighted by Crippen LogP contribution is 2.34. The van der Waals surface area contributed by atoms with Crippen molar-refractivity contribution < 1.29 is 18.7 Å². The standard InChI is InChI=1S/C23H28FN3O3/c1-16(20-9-4-5-10-21(20)24)27(18-11-12-18)15-23(29)26(2)14-22(28)25-17-7-6-8-19(13-17)30-3/h4-10,13,16,18H,11-12,14-15H2,1-3H3,(H,25,28). The van der Waals surface area contributed by atoms with Gasteiger partial charge in [-0.15, -0.1) is 0 Å². The molecule has 0 aromatic heterocycles.